The summed E-state index contributed by atoms with van der Waals surface area (Å²) in [7, 11) is 3.52. The minimum Gasteiger partial charge on any atom is -0.349 e. The van der Waals surface area contributed by atoms with Gasteiger partial charge in [-0.05, 0) is 0 Å². The van der Waals surface area contributed by atoms with Crippen molar-refractivity contribution in [2.45, 2.75) is 32.7 Å². The molecule has 0 bridgehead atoms. The van der Waals surface area contributed by atoms with Crippen molar-refractivity contribution in [2.24, 2.45) is 12.0 Å². The Morgan fingerprint density at radius 1 is 1.36 bits per heavy atom. The number of rotatable bonds is 3. The van der Waals surface area contributed by atoms with Gasteiger partial charge in [0.2, 0.25) is 11.8 Å². The van der Waals surface area contributed by atoms with Crippen LogP contribution < -0.4 is 10.2 Å². The summed E-state index contributed by atoms with van der Waals surface area (Å²) < 4.78 is 6.99. The topological polar surface area (TPSA) is 105 Å². The molecule has 11 heteroatoms. The van der Waals surface area contributed by atoms with Crippen molar-refractivity contribution in [2.75, 3.05) is 31.6 Å². The largest absolute Gasteiger partial charge is 0.349 e. The molecule has 28 heavy (non-hydrogen) atoms. The van der Waals surface area contributed by atoms with Gasteiger partial charge in [-0.3, -0.25) is 14.5 Å². The Morgan fingerprint density at radius 2 is 2.11 bits per heavy atom. The second-order valence-electron chi connectivity index (χ2n) is 7.51. The Bertz CT molecular complexity index is 838. The Labute approximate surface area is 181 Å². The van der Waals surface area contributed by atoms with E-state index < -0.39 is 0 Å². The number of halogens is 1. The first-order valence-corrected chi connectivity index (χ1v) is 8.85. The maximum absolute atomic E-state index is 12.5. The molecule has 154 valence electrons. The smallest absolute Gasteiger partial charge is 0.246 e. The summed E-state index contributed by atoms with van der Waals surface area (Å²) >= 11 is 0. The Morgan fingerprint density at radius 3 is 2.64 bits per heavy atom. The minimum absolute atomic E-state index is 0. The van der Waals surface area contributed by atoms with Crippen molar-refractivity contribution in [3.63, 3.8) is 0 Å². The molecule has 1 saturated heterocycles. The van der Waals surface area contributed by atoms with Crippen LogP contribution in [0, 0.1) is 0 Å². The first-order valence-electron chi connectivity index (χ1n) is 8.85. The fourth-order valence-corrected chi connectivity index (χ4v) is 2.80. The Kier molecular flexibility index (Phi) is 7.01. The van der Waals surface area contributed by atoms with Gasteiger partial charge in [0.15, 0.2) is 11.8 Å². The maximum Gasteiger partial charge on any atom is 0.246 e. The van der Waals surface area contributed by atoms with Crippen LogP contribution in [0.5, 0.6) is 0 Å². The van der Waals surface area contributed by atoms with Crippen molar-refractivity contribution in [3.05, 3.63) is 24.1 Å². The summed E-state index contributed by atoms with van der Waals surface area (Å²) in [6.45, 7) is 7.91. The molecule has 1 amide bonds. The van der Waals surface area contributed by atoms with Crippen molar-refractivity contribution in [3.8, 4) is 0 Å². The number of nitrogens with zero attached hydrogens (tertiary/aromatic N) is 7. The number of piperazine rings is 1. The van der Waals surface area contributed by atoms with Crippen LogP contribution in [0.1, 0.15) is 32.5 Å². The van der Waals surface area contributed by atoms with Crippen LogP contribution in [0.2, 0.25) is 0 Å². The molecule has 1 aliphatic heterocycles. The molecule has 0 aromatic carbocycles. The van der Waals surface area contributed by atoms with Gasteiger partial charge in [0.25, 0.3) is 0 Å². The molecule has 0 spiro atoms. The number of nitrogens with one attached hydrogen (secondary N) is 1. The lowest BCUT2D eigenvalue weighted by atomic mass is 9.97. The quantitative estimate of drug-likeness (QED) is 0.382. The van der Waals surface area contributed by atoms with Gasteiger partial charge in [0, 0.05) is 38.8 Å². The summed E-state index contributed by atoms with van der Waals surface area (Å²) in [6, 6.07) is 0. The number of aryl methyl sites for hydroxylation is 1. The van der Waals surface area contributed by atoms with Crippen molar-refractivity contribution in [1.29, 1.82) is 0 Å². The van der Waals surface area contributed by atoms with Gasteiger partial charge >= 0.3 is 0 Å². The van der Waals surface area contributed by atoms with Gasteiger partial charge in [0.05, 0.1) is 18.4 Å². The lowest BCUT2D eigenvalue weighted by molar-refractivity contribution is -0.120. The zero-order valence-corrected chi connectivity index (χ0v) is 19.2. The first kappa shape index (κ1) is 22.1. The molecular weight excluding hydrogens is 475 g/mol. The highest BCUT2D eigenvalue weighted by atomic mass is 127. The molecule has 10 nitrogen and oxygen atoms in total. The predicted octanol–water partition coefficient (Wildman–Crippen LogP) is 1.14. The monoisotopic (exact) mass is 502 g/mol. The van der Waals surface area contributed by atoms with E-state index in [0.29, 0.717) is 37.3 Å². The number of aromatic nitrogens is 4. The number of carbonyl (C=O) groups is 1. The third-order valence-corrected chi connectivity index (χ3v) is 4.25. The van der Waals surface area contributed by atoms with Gasteiger partial charge in [-0.25, -0.2) is 0 Å². The summed E-state index contributed by atoms with van der Waals surface area (Å²) in [4.78, 5) is 24.9. The van der Waals surface area contributed by atoms with Crippen molar-refractivity contribution in [1.82, 2.24) is 30.1 Å². The molecule has 1 fully saturated rings. The van der Waals surface area contributed by atoms with Crippen molar-refractivity contribution < 1.29 is 9.32 Å². The fourth-order valence-electron chi connectivity index (χ4n) is 2.80. The highest BCUT2D eigenvalue weighted by molar-refractivity contribution is 14.0. The van der Waals surface area contributed by atoms with Gasteiger partial charge in [0.1, 0.15) is 6.54 Å². The number of anilines is 1. The van der Waals surface area contributed by atoms with E-state index in [1.807, 2.05) is 38.9 Å². The lowest BCUT2D eigenvalue weighted by Gasteiger charge is -2.35. The number of hydrogen-bond acceptors (Lipinski definition) is 6. The van der Waals surface area contributed by atoms with E-state index >= 15 is 0 Å². The van der Waals surface area contributed by atoms with E-state index in [0.717, 1.165) is 5.69 Å². The van der Waals surface area contributed by atoms with Crippen LogP contribution in [0.4, 0.5) is 5.69 Å². The number of guanidine groups is 1. The van der Waals surface area contributed by atoms with Crippen LogP contribution >= 0.6 is 24.0 Å². The third-order valence-electron chi connectivity index (χ3n) is 4.25. The molecule has 0 radical (unpaired) electrons. The highest BCUT2D eigenvalue weighted by Gasteiger charge is 2.28. The summed E-state index contributed by atoms with van der Waals surface area (Å²) in [5.41, 5.74) is 0.619. The standard InChI is InChI=1S/C17H26N8O2.HI/c1-17(2,3)15-21-13(22-27-15)9-19-16(18-4)24-6-7-25(14(26)11-24)12-8-20-23(5)10-12;/h8,10H,6-7,9,11H2,1-5H3,(H,18,19);1H. The normalized spacial score (nSPS) is 15.6. The molecule has 3 heterocycles. The predicted molar refractivity (Wildman–Crippen MR) is 116 cm³/mol. The van der Waals surface area contributed by atoms with E-state index in [-0.39, 0.29) is 41.8 Å². The molecule has 1 N–H and O–H groups in total. The zero-order chi connectivity index (χ0) is 19.6. The van der Waals surface area contributed by atoms with Crippen LogP contribution in [-0.4, -0.2) is 63.4 Å². The van der Waals surface area contributed by atoms with Gasteiger partial charge in [-0.1, -0.05) is 25.9 Å². The van der Waals surface area contributed by atoms with E-state index in [1.54, 1.807) is 22.8 Å². The molecule has 2 aromatic rings. The average molecular weight is 502 g/mol. The molecular formula is C17H27IN8O2. The van der Waals surface area contributed by atoms with E-state index in [4.69, 9.17) is 4.52 Å². The minimum atomic E-state index is -0.192. The molecule has 0 aliphatic carbocycles. The summed E-state index contributed by atoms with van der Waals surface area (Å²) in [5.74, 6) is 1.79. The van der Waals surface area contributed by atoms with Crippen LogP contribution in [-0.2, 0) is 23.8 Å². The second-order valence-corrected chi connectivity index (χ2v) is 7.51. The summed E-state index contributed by atoms with van der Waals surface area (Å²) in [5, 5.41) is 11.3. The highest BCUT2D eigenvalue weighted by Crippen LogP contribution is 2.19. The molecule has 2 aromatic heterocycles. The average Bonchev–Trinajstić information content (AvgIpc) is 3.24. The van der Waals surface area contributed by atoms with Gasteiger partial charge < -0.3 is 19.6 Å². The van der Waals surface area contributed by atoms with E-state index in [1.165, 1.54) is 0 Å². The number of aliphatic imine (C=N–C) groups is 1. The van der Waals surface area contributed by atoms with Crippen LogP contribution in [0.25, 0.3) is 0 Å². The van der Waals surface area contributed by atoms with Gasteiger partial charge in [-0.2, -0.15) is 10.1 Å². The third kappa shape index (κ3) is 5.00. The maximum atomic E-state index is 12.5. The Hall–Kier alpha value is -2.18. The molecule has 0 unspecified atom stereocenters. The molecule has 3 rings (SSSR count). The summed E-state index contributed by atoms with van der Waals surface area (Å²) in [6.07, 6.45) is 3.54. The van der Waals surface area contributed by atoms with E-state index in [9.17, 15) is 4.79 Å². The van der Waals surface area contributed by atoms with Crippen LogP contribution in [0.3, 0.4) is 0 Å². The molecule has 1 aliphatic rings. The lowest BCUT2D eigenvalue weighted by Crippen LogP contribution is -2.55. The first-order chi connectivity index (χ1) is 12.8. The number of amides is 1. The van der Waals surface area contributed by atoms with Gasteiger partial charge in [-0.15, -0.1) is 24.0 Å². The van der Waals surface area contributed by atoms with E-state index in [2.05, 4.69) is 25.5 Å². The Balaban J connectivity index is 0.00000280. The fraction of sp³-hybridized carbons (Fsp3) is 0.588. The second kappa shape index (κ2) is 8.88. The van der Waals surface area contributed by atoms with Crippen molar-refractivity contribution >= 4 is 41.5 Å². The number of hydrogen-bond donors (Lipinski definition) is 1. The molecule has 0 saturated carbocycles. The number of carbonyl (C=O) groups excluding carboxylic acids is 1. The van der Waals surface area contributed by atoms with Crippen LogP contribution in [0.15, 0.2) is 21.9 Å². The zero-order valence-electron chi connectivity index (χ0n) is 16.8. The molecule has 0 atom stereocenters. The SMILES string of the molecule is CN=C(NCc1noc(C(C)(C)C)n1)N1CCN(c2cnn(C)c2)C(=O)C1.I.